The normalized spacial score (nSPS) is 16.4. The van der Waals surface area contributed by atoms with Crippen LogP contribution in [0.3, 0.4) is 0 Å². The number of esters is 1. The maximum absolute atomic E-state index is 12.3. The summed E-state index contributed by atoms with van der Waals surface area (Å²) in [5.41, 5.74) is 5.46. The highest BCUT2D eigenvalue weighted by atomic mass is 28.3. The third-order valence-corrected chi connectivity index (χ3v) is 12.1. The van der Waals surface area contributed by atoms with E-state index in [0.29, 0.717) is 27.9 Å². The van der Waals surface area contributed by atoms with Gasteiger partial charge in [0.15, 0.2) is 0 Å². The molecule has 23 heavy (non-hydrogen) atoms. The molecule has 0 spiro atoms. The molecule has 0 amide bonds. The number of ether oxygens (including phenoxy) is 2. The van der Waals surface area contributed by atoms with Gasteiger partial charge in [0.1, 0.15) is 17.1 Å². The van der Waals surface area contributed by atoms with Gasteiger partial charge < -0.3 is 9.47 Å². The van der Waals surface area contributed by atoms with Gasteiger partial charge in [-0.1, -0.05) is 59.4 Å². The summed E-state index contributed by atoms with van der Waals surface area (Å²) >= 11 is 0. The van der Waals surface area contributed by atoms with Gasteiger partial charge in [-0.2, -0.15) is 0 Å². The van der Waals surface area contributed by atoms with Crippen molar-refractivity contribution in [2.45, 2.75) is 58.2 Å². The lowest BCUT2D eigenvalue weighted by Gasteiger charge is -2.40. The molecule has 0 fully saturated rings. The second-order valence-electron chi connectivity index (χ2n) is 7.25. The van der Waals surface area contributed by atoms with E-state index in [1.807, 2.05) is 12.1 Å². The molecule has 126 valence electrons. The van der Waals surface area contributed by atoms with Gasteiger partial charge in [-0.15, -0.1) is 0 Å². The van der Waals surface area contributed by atoms with Crippen LogP contribution in [0.5, 0.6) is 5.75 Å². The molecule has 0 radical (unpaired) electrons. The monoisotopic (exact) mass is 332 g/mol. The highest BCUT2D eigenvalue weighted by molar-refractivity contribution is 6.88. The van der Waals surface area contributed by atoms with Crippen LogP contribution < -0.4 is 4.74 Å². The number of benzene rings is 1. The lowest BCUT2D eigenvalue weighted by Crippen LogP contribution is -2.43. The van der Waals surface area contributed by atoms with Crippen LogP contribution in [-0.2, 0) is 4.74 Å². The molecule has 0 atom stereocenters. The number of hydrogen-bond donors (Lipinski definition) is 0. The predicted molar refractivity (Wildman–Crippen MR) is 97.4 cm³/mol. The first-order chi connectivity index (χ1) is 10.8. The minimum absolute atomic E-state index is 0.303. The van der Waals surface area contributed by atoms with E-state index in [9.17, 15) is 4.79 Å². The lowest BCUT2D eigenvalue weighted by molar-refractivity contribution is 0.0713. The highest BCUT2D eigenvalue weighted by Crippen LogP contribution is 2.46. The zero-order valence-corrected chi connectivity index (χ0v) is 16.3. The molecule has 1 aromatic carbocycles. The van der Waals surface area contributed by atoms with E-state index in [0.717, 1.165) is 11.3 Å². The van der Waals surface area contributed by atoms with Gasteiger partial charge in [0.2, 0.25) is 0 Å². The molecule has 1 aromatic rings. The Bertz CT molecular complexity index is 608. The molecular weight excluding hydrogens is 304 g/mol. The molecule has 0 N–H and O–H groups in total. The zero-order chi connectivity index (χ0) is 17.4. The van der Waals surface area contributed by atoms with Crippen LogP contribution in [0.4, 0.5) is 0 Å². The van der Waals surface area contributed by atoms with Crippen molar-refractivity contribution in [1.29, 1.82) is 0 Å². The molecule has 0 aliphatic carbocycles. The first-order valence-electron chi connectivity index (χ1n) is 8.38. The van der Waals surface area contributed by atoms with Crippen molar-refractivity contribution < 1.29 is 14.3 Å². The smallest absolute Gasteiger partial charge is 0.348 e. The Labute approximate surface area is 140 Å². The predicted octanol–water partition coefficient (Wildman–Crippen LogP) is 5.42. The Hall–Kier alpha value is -1.55. The molecule has 1 aliphatic rings. The minimum Gasteiger partial charge on any atom is -0.496 e. The van der Waals surface area contributed by atoms with E-state index in [-0.39, 0.29) is 5.97 Å². The maximum atomic E-state index is 12.3. The Morgan fingerprint density at radius 1 is 1.04 bits per heavy atom. The summed E-state index contributed by atoms with van der Waals surface area (Å²) in [6, 6.07) is 5.67. The van der Waals surface area contributed by atoms with Crippen LogP contribution >= 0.6 is 0 Å². The first kappa shape index (κ1) is 17.8. The van der Waals surface area contributed by atoms with Crippen LogP contribution in [0.25, 0.3) is 5.76 Å². The van der Waals surface area contributed by atoms with Crippen LogP contribution in [0.15, 0.2) is 23.9 Å². The topological polar surface area (TPSA) is 35.5 Å². The SMILES string of the molecule is COc1cccc2c1C(=O)O/C2=C\[Si](C(C)C)(C(C)C)C(C)C. The third-order valence-electron chi connectivity index (χ3n) is 5.30. The number of hydrogen-bond acceptors (Lipinski definition) is 3. The second-order valence-corrected chi connectivity index (χ2v) is 13.0. The Kier molecular flexibility index (Phi) is 5.04. The summed E-state index contributed by atoms with van der Waals surface area (Å²) in [6.45, 7) is 13.8. The van der Waals surface area contributed by atoms with E-state index in [2.05, 4.69) is 47.2 Å². The number of carbonyl (C=O) groups is 1. The molecule has 2 rings (SSSR count). The number of carbonyl (C=O) groups excluding carboxylic acids is 1. The summed E-state index contributed by atoms with van der Waals surface area (Å²) in [5.74, 6) is 1.01. The summed E-state index contributed by atoms with van der Waals surface area (Å²) in [7, 11) is -0.215. The molecule has 0 bridgehead atoms. The number of methoxy groups -OCH3 is 1. The Morgan fingerprint density at radius 3 is 2.09 bits per heavy atom. The zero-order valence-electron chi connectivity index (χ0n) is 15.3. The highest BCUT2D eigenvalue weighted by Gasteiger charge is 2.43. The van der Waals surface area contributed by atoms with E-state index < -0.39 is 8.07 Å². The third kappa shape index (κ3) is 2.85. The number of rotatable bonds is 5. The Balaban J connectivity index is 2.63. The molecule has 0 unspecified atom stereocenters. The van der Waals surface area contributed by atoms with Crippen molar-refractivity contribution >= 4 is 19.8 Å². The Morgan fingerprint density at radius 2 is 1.61 bits per heavy atom. The van der Waals surface area contributed by atoms with Crippen molar-refractivity contribution in [1.82, 2.24) is 0 Å². The summed E-state index contributed by atoms with van der Waals surface area (Å²) in [5, 5.41) is 0. The van der Waals surface area contributed by atoms with E-state index in [1.165, 1.54) is 0 Å². The first-order valence-corrected chi connectivity index (χ1v) is 10.7. The number of fused-ring (bicyclic) bond motifs is 1. The molecule has 1 heterocycles. The lowest BCUT2D eigenvalue weighted by atomic mass is 10.1. The molecule has 0 saturated heterocycles. The van der Waals surface area contributed by atoms with Gasteiger partial charge in [0.25, 0.3) is 0 Å². The van der Waals surface area contributed by atoms with E-state index in [1.54, 1.807) is 13.2 Å². The van der Waals surface area contributed by atoms with Crippen molar-refractivity contribution in [3.8, 4) is 5.75 Å². The summed E-state index contributed by atoms with van der Waals surface area (Å²) < 4.78 is 11.0. The van der Waals surface area contributed by atoms with Gasteiger partial charge in [-0.3, -0.25) is 0 Å². The minimum atomic E-state index is -1.80. The van der Waals surface area contributed by atoms with Crippen LogP contribution in [0, 0.1) is 0 Å². The fraction of sp³-hybridized carbons (Fsp3) is 0.526. The standard InChI is InChI=1S/C19H28O3Si/c1-12(2)23(13(3)4,14(5)6)11-17-15-9-8-10-16(21-7)18(15)19(20)22-17/h8-14H,1-7H3/b17-11-. The second kappa shape index (κ2) is 6.52. The molecule has 4 heteroatoms. The fourth-order valence-electron chi connectivity index (χ4n) is 4.16. The molecule has 0 saturated carbocycles. The largest absolute Gasteiger partial charge is 0.496 e. The van der Waals surface area contributed by atoms with E-state index >= 15 is 0 Å². The van der Waals surface area contributed by atoms with Gasteiger partial charge in [0, 0.05) is 5.56 Å². The molecule has 0 aromatic heterocycles. The van der Waals surface area contributed by atoms with Gasteiger partial charge in [-0.25, -0.2) is 4.79 Å². The van der Waals surface area contributed by atoms with Gasteiger partial charge >= 0.3 is 5.97 Å². The van der Waals surface area contributed by atoms with Gasteiger partial charge in [-0.05, 0) is 22.7 Å². The number of cyclic esters (lactones) is 1. The van der Waals surface area contributed by atoms with Crippen molar-refractivity contribution in [3.63, 3.8) is 0 Å². The average Bonchev–Trinajstić information content (AvgIpc) is 2.80. The molecule has 3 nitrogen and oxygen atoms in total. The summed E-state index contributed by atoms with van der Waals surface area (Å²) in [6.07, 6.45) is 0. The van der Waals surface area contributed by atoms with Crippen LogP contribution in [0.1, 0.15) is 57.5 Å². The summed E-state index contributed by atoms with van der Waals surface area (Å²) in [4.78, 5) is 12.3. The fourth-order valence-corrected chi connectivity index (χ4v) is 9.83. The van der Waals surface area contributed by atoms with Crippen LogP contribution in [0.2, 0.25) is 16.6 Å². The quantitative estimate of drug-likeness (QED) is 0.533. The van der Waals surface area contributed by atoms with Gasteiger partial charge in [0.05, 0.1) is 15.2 Å². The van der Waals surface area contributed by atoms with Crippen molar-refractivity contribution in [2.75, 3.05) is 7.11 Å². The van der Waals surface area contributed by atoms with Crippen molar-refractivity contribution in [3.05, 3.63) is 35.0 Å². The average molecular weight is 333 g/mol. The van der Waals surface area contributed by atoms with E-state index in [4.69, 9.17) is 9.47 Å². The van der Waals surface area contributed by atoms with Crippen LogP contribution in [-0.4, -0.2) is 21.2 Å². The van der Waals surface area contributed by atoms with Crippen molar-refractivity contribution in [2.24, 2.45) is 0 Å². The molecular formula is C19H28O3Si. The molecule has 1 aliphatic heterocycles. The maximum Gasteiger partial charge on any atom is 0.348 e.